The molecule has 0 atom stereocenters. The van der Waals surface area contributed by atoms with Crippen LogP contribution in [-0.4, -0.2) is 29.8 Å². The number of hydrogen-bond acceptors (Lipinski definition) is 5. The number of aromatic nitrogens is 1. The fraction of sp³-hybridized carbons (Fsp3) is 0.471. The summed E-state index contributed by atoms with van der Waals surface area (Å²) < 4.78 is 10.8. The van der Waals surface area contributed by atoms with Gasteiger partial charge in [0.1, 0.15) is 5.01 Å². The molecule has 2 aliphatic heterocycles. The van der Waals surface area contributed by atoms with E-state index in [9.17, 15) is 0 Å². The summed E-state index contributed by atoms with van der Waals surface area (Å²) in [5.74, 6) is 2.51. The Morgan fingerprint density at radius 2 is 2.05 bits per heavy atom. The Balaban J connectivity index is 1.47. The molecule has 0 unspecified atom stereocenters. The molecule has 0 bridgehead atoms. The van der Waals surface area contributed by atoms with Gasteiger partial charge in [0, 0.05) is 17.5 Å². The largest absolute Gasteiger partial charge is 0.454 e. The van der Waals surface area contributed by atoms with Crippen LogP contribution in [0, 0.1) is 5.92 Å². The van der Waals surface area contributed by atoms with Crippen molar-refractivity contribution in [3.8, 4) is 22.1 Å². The van der Waals surface area contributed by atoms with Gasteiger partial charge in [-0.05, 0) is 50.0 Å². The van der Waals surface area contributed by atoms with Gasteiger partial charge < -0.3 is 9.47 Å². The zero-order valence-electron chi connectivity index (χ0n) is 12.7. The smallest absolute Gasteiger partial charge is 0.231 e. The number of ether oxygens (including phenoxy) is 2. The second-order valence-corrected chi connectivity index (χ2v) is 7.03. The van der Waals surface area contributed by atoms with Crippen LogP contribution in [0.5, 0.6) is 11.5 Å². The van der Waals surface area contributed by atoms with Gasteiger partial charge in [-0.25, -0.2) is 4.98 Å². The zero-order valence-corrected chi connectivity index (χ0v) is 13.6. The number of nitrogens with zero attached hydrogens (tertiary/aromatic N) is 2. The van der Waals surface area contributed by atoms with E-state index < -0.39 is 0 Å². The molecule has 0 N–H and O–H groups in total. The van der Waals surface area contributed by atoms with Crippen molar-refractivity contribution in [2.24, 2.45) is 5.92 Å². The molecule has 1 saturated heterocycles. The molecule has 0 spiro atoms. The average Bonchev–Trinajstić information content (AvgIpc) is 3.17. The third-order valence-electron chi connectivity index (χ3n) is 4.43. The molecule has 0 amide bonds. The predicted octanol–water partition coefficient (Wildman–Crippen LogP) is 3.77. The highest BCUT2D eigenvalue weighted by atomic mass is 32.1. The molecular formula is C17H20N2O2S. The highest BCUT2D eigenvalue weighted by Gasteiger charge is 2.18. The van der Waals surface area contributed by atoms with Crippen LogP contribution in [-0.2, 0) is 6.54 Å². The molecule has 5 heteroatoms. The maximum Gasteiger partial charge on any atom is 0.231 e. The van der Waals surface area contributed by atoms with Crippen molar-refractivity contribution in [1.82, 2.24) is 9.88 Å². The summed E-state index contributed by atoms with van der Waals surface area (Å²) in [6.45, 7) is 6.01. The zero-order chi connectivity index (χ0) is 14.9. The third kappa shape index (κ3) is 2.83. The van der Waals surface area contributed by atoms with Crippen molar-refractivity contribution in [1.29, 1.82) is 0 Å². The SMILES string of the molecule is CC1CCN(Cc2csc(-c3ccc4c(c3)OCO4)n2)CC1. The van der Waals surface area contributed by atoms with E-state index in [4.69, 9.17) is 14.5 Å². The summed E-state index contributed by atoms with van der Waals surface area (Å²) >= 11 is 1.70. The van der Waals surface area contributed by atoms with Crippen LogP contribution in [0.25, 0.3) is 10.6 Å². The van der Waals surface area contributed by atoms with Crippen LogP contribution >= 0.6 is 11.3 Å². The number of piperidine rings is 1. The summed E-state index contributed by atoms with van der Waals surface area (Å²) in [4.78, 5) is 7.31. The molecule has 22 heavy (non-hydrogen) atoms. The summed E-state index contributed by atoms with van der Waals surface area (Å²) in [5.41, 5.74) is 2.28. The van der Waals surface area contributed by atoms with Crippen LogP contribution in [0.1, 0.15) is 25.5 Å². The summed E-state index contributed by atoms with van der Waals surface area (Å²) in [5, 5.41) is 3.23. The number of benzene rings is 1. The van der Waals surface area contributed by atoms with Gasteiger partial charge >= 0.3 is 0 Å². The fourth-order valence-electron chi connectivity index (χ4n) is 2.99. The minimum absolute atomic E-state index is 0.315. The Morgan fingerprint density at radius 1 is 1.23 bits per heavy atom. The third-order valence-corrected chi connectivity index (χ3v) is 5.37. The summed E-state index contributed by atoms with van der Waals surface area (Å²) in [6.07, 6.45) is 2.61. The molecule has 1 aromatic carbocycles. The number of hydrogen-bond donors (Lipinski definition) is 0. The Labute approximate surface area is 134 Å². The van der Waals surface area contributed by atoms with Crippen LogP contribution < -0.4 is 9.47 Å². The van der Waals surface area contributed by atoms with Crippen LogP contribution in [0.4, 0.5) is 0 Å². The Kier molecular flexibility index (Phi) is 3.76. The molecule has 2 aromatic rings. The van der Waals surface area contributed by atoms with Crippen molar-refractivity contribution >= 4 is 11.3 Å². The second kappa shape index (κ2) is 5.89. The molecule has 1 fully saturated rings. The van der Waals surface area contributed by atoms with Gasteiger partial charge in [-0.3, -0.25) is 4.90 Å². The molecular weight excluding hydrogens is 296 g/mol. The maximum atomic E-state index is 5.45. The van der Waals surface area contributed by atoms with Gasteiger partial charge in [-0.1, -0.05) is 6.92 Å². The van der Waals surface area contributed by atoms with E-state index >= 15 is 0 Å². The highest BCUT2D eigenvalue weighted by molar-refractivity contribution is 7.13. The Bertz CT molecular complexity index is 662. The molecule has 2 aliphatic rings. The molecule has 3 heterocycles. The minimum atomic E-state index is 0.315. The van der Waals surface area contributed by atoms with Crippen LogP contribution in [0.2, 0.25) is 0 Å². The molecule has 4 nitrogen and oxygen atoms in total. The van der Waals surface area contributed by atoms with Gasteiger partial charge in [0.05, 0.1) is 5.69 Å². The minimum Gasteiger partial charge on any atom is -0.454 e. The lowest BCUT2D eigenvalue weighted by molar-refractivity contribution is 0.174. The van der Waals surface area contributed by atoms with Gasteiger partial charge in [-0.15, -0.1) is 11.3 Å². The van der Waals surface area contributed by atoms with Crippen molar-refractivity contribution < 1.29 is 9.47 Å². The van der Waals surface area contributed by atoms with Crippen molar-refractivity contribution in [3.05, 3.63) is 29.3 Å². The highest BCUT2D eigenvalue weighted by Crippen LogP contribution is 2.36. The molecule has 0 radical (unpaired) electrons. The lowest BCUT2D eigenvalue weighted by Crippen LogP contribution is -2.32. The summed E-state index contributed by atoms with van der Waals surface area (Å²) in [7, 11) is 0. The lowest BCUT2D eigenvalue weighted by Gasteiger charge is -2.29. The number of rotatable bonds is 3. The summed E-state index contributed by atoms with van der Waals surface area (Å²) in [6, 6.07) is 6.04. The monoisotopic (exact) mass is 316 g/mol. The van der Waals surface area contributed by atoms with E-state index in [0.717, 1.165) is 34.5 Å². The van der Waals surface area contributed by atoms with E-state index in [-0.39, 0.29) is 0 Å². The van der Waals surface area contributed by atoms with E-state index in [1.54, 1.807) is 11.3 Å². The maximum absolute atomic E-state index is 5.45. The average molecular weight is 316 g/mol. The van der Waals surface area contributed by atoms with E-state index in [1.807, 2.05) is 12.1 Å². The van der Waals surface area contributed by atoms with Crippen molar-refractivity contribution in [3.63, 3.8) is 0 Å². The first kappa shape index (κ1) is 14.0. The van der Waals surface area contributed by atoms with Crippen LogP contribution in [0.3, 0.4) is 0 Å². The van der Waals surface area contributed by atoms with Crippen LogP contribution in [0.15, 0.2) is 23.6 Å². The normalized spacial score (nSPS) is 18.8. The predicted molar refractivity (Wildman–Crippen MR) is 87.3 cm³/mol. The quantitative estimate of drug-likeness (QED) is 0.863. The fourth-order valence-corrected chi connectivity index (χ4v) is 3.80. The molecule has 0 aliphatic carbocycles. The van der Waals surface area contributed by atoms with Gasteiger partial charge in [0.25, 0.3) is 0 Å². The van der Waals surface area contributed by atoms with E-state index in [2.05, 4.69) is 23.3 Å². The topological polar surface area (TPSA) is 34.6 Å². The van der Waals surface area contributed by atoms with Gasteiger partial charge in [-0.2, -0.15) is 0 Å². The second-order valence-electron chi connectivity index (χ2n) is 6.17. The van der Waals surface area contributed by atoms with Gasteiger partial charge in [0.15, 0.2) is 11.5 Å². The van der Waals surface area contributed by atoms with E-state index in [0.29, 0.717) is 6.79 Å². The molecule has 0 saturated carbocycles. The Hall–Kier alpha value is -1.59. The van der Waals surface area contributed by atoms with Crippen molar-refractivity contribution in [2.45, 2.75) is 26.3 Å². The standard InChI is InChI=1S/C17H20N2O2S/c1-12-4-6-19(7-5-12)9-14-10-22-17(18-14)13-2-3-15-16(8-13)21-11-20-15/h2-3,8,10,12H,4-7,9,11H2,1H3. The lowest BCUT2D eigenvalue weighted by atomic mass is 9.99. The molecule has 1 aromatic heterocycles. The number of likely N-dealkylation sites (tertiary alicyclic amines) is 1. The van der Waals surface area contributed by atoms with E-state index in [1.165, 1.54) is 31.6 Å². The molecule has 116 valence electrons. The first-order chi connectivity index (χ1) is 10.8. The Morgan fingerprint density at radius 3 is 2.91 bits per heavy atom. The van der Waals surface area contributed by atoms with Crippen molar-refractivity contribution in [2.75, 3.05) is 19.9 Å². The number of fused-ring (bicyclic) bond motifs is 1. The molecule has 4 rings (SSSR count). The number of thiazole rings is 1. The first-order valence-corrected chi connectivity index (χ1v) is 8.73. The first-order valence-electron chi connectivity index (χ1n) is 7.85. The van der Waals surface area contributed by atoms with Gasteiger partial charge in [0.2, 0.25) is 6.79 Å².